The highest BCUT2D eigenvalue weighted by Crippen LogP contribution is 2.33. The van der Waals surface area contributed by atoms with E-state index in [1.807, 2.05) is 0 Å². The summed E-state index contributed by atoms with van der Waals surface area (Å²) in [5, 5.41) is 2.38. The van der Waals surface area contributed by atoms with E-state index in [9.17, 15) is 13.2 Å². The molecule has 25 heavy (non-hydrogen) atoms. The Kier molecular flexibility index (Phi) is 5.96. The van der Waals surface area contributed by atoms with Gasteiger partial charge >= 0.3 is 0 Å². The first-order chi connectivity index (χ1) is 11.8. The number of hydrogen-bond acceptors (Lipinski definition) is 3. The molecule has 2 rings (SSSR count). The number of carbonyl (C=O) groups is 1. The predicted molar refractivity (Wildman–Crippen MR) is 99.4 cm³/mol. The zero-order chi connectivity index (χ0) is 18.6. The highest BCUT2D eigenvalue weighted by molar-refractivity contribution is 7.93. The monoisotopic (exact) mass is 396 g/mol. The molecule has 130 valence electrons. The normalized spacial score (nSPS) is 10.8. The number of nitrogens with zero attached hydrogens (tertiary/aromatic N) is 1. The minimum Gasteiger partial charge on any atom is -0.358 e. The molecule has 0 radical (unpaired) electrons. The van der Waals surface area contributed by atoms with Gasteiger partial charge in [0.1, 0.15) is 11.4 Å². The lowest BCUT2D eigenvalue weighted by Gasteiger charge is -2.24. The van der Waals surface area contributed by atoms with Gasteiger partial charge in [0.25, 0.3) is 10.0 Å². The van der Waals surface area contributed by atoms with Crippen molar-refractivity contribution in [1.29, 1.82) is 0 Å². The molecule has 0 heterocycles. The summed E-state index contributed by atoms with van der Waals surface area (Å²) < 4.78 is 27.2. The van der Waals surface area contributed by atoms with Gasteiger partial charge < -0.3 is 5.32 Å². The van der Waals surface area contributed by atoms with E-state index in [1.165, 1.54) is 31.3 Å². The van der Waals surface area contributed by atoms with Crippen LogP contribution in [0.4, 0.5) is 5.69 Å². The van der Waals surface area contributed by atoms with Crippen molar-refractivity contribution in [3.05, 3.63) is 58.1 Å². The maximum absolute atomic E-state index is 13.1. The molecule has 0 fully saturated rings. The third-order valence-electron chi connectivity index (χ3n) is 3.35. The standard InChI is InChI=1S/C17H14Cl2N2O3S/c1-3-12-6-4-7-13(10-12)21(11-16(22)20-2)25(23,24)15-9-5-8-14(18)17(15)19/h1,4-10H,11H2,2H3,(H,20,22). The highest BCUT2D eigenvalue weighted by Gasteiger charge is 2.29. The van der Waals surface area contributed by atoms with Crippen molar-refractivity contribution in [3.63, 3.8) is 0 Å². The first-order valence-electron chi connectivity index (χ1n) is 7.05. The van der Waals surface area contributed by atoms with E-state index in [0.29, 0.717) is 5.56 Å². The number of halogens is 2. The molecular formula is C17H14Cl2N2O3S. The minimum atomic E-state index is -4.15. The van der Waals surface area contributed by atoms with Gasteiger partial charge in [0, 0.05) is 12.6 Å². The molecule has 1 amide bonds. The third-order valence-corrected chi connectivity index (χ3v) is 6.10. The van der Waals surface area contributed by atoms with E-state index in [-0.39, 0.29) is 20.6 Å². The van der Waals surface area contributed by atoms with E-state index in [1.54, 1.807) is 18.2 Å². The van der Waals surface area contributed by atoms with Gasteiger partial charge in [-0.2, -0.15) is 0 Å². The lowest BCUT2D eigenvalue weighted by Crippen LogP contribution is -2.39. The zero-order valence-corrected chi connectivity index (χ0v) is 15.5. The highest BCUT2D eigenvalue weighted by atomic mass is 35.5. The number of likely N-dealkylation sites (N-methyl/N-ethyl adjacent to an activating group) is 1. The SMILES string of the molecule is C#Cc1cccc(N(CC(=O)NC)S(=O)(=O)c2cccc(Cl)c2Cl)c1. The Labute approximate surface area is 156 Å². The Hall–Kier alpha value is -2.20. The van der Waals surface area contributed by atoms with E-state index in [4.69, 9.17) is 29.6 Å². The van der Waals surface area contributed by atoms with Crippen molar-refractivity contribution in [1.82, 2.24) is 5.32 Å². The molecule has 0 aromatic heterocycles. The molecule has 0 spiro atoms. The van der Waals surface area contributed by atoms with E-state index >= 15 is 0 Å². The Morgan fingerprint density at radius 1 is 1.24 bits per heavy atom. The Morgan fingerprint density at radius 2 is 1.92 bits per heavy atom. The number of carbonyl (C=O) groups excluding carboxylic acids is 1. The fourth-order valence-electron chi connectivity index (χ4n) is 2.08. The molecule has 0 unspecified atom stereocenters. The number of nitrogens with one attached hydrogen (secondary N) is 1. The molecule has 0 atom stereocenters. The van der Waals surface area contributed by atoms with Gasteiger partial charge in [-0.15, -0.1) is 6.42 Å². The van der Waals surface area contributed by atoms with E-state index in [0.717, 1.165) is 4.31 Å². The molecular weight excluding hydrogens is 383 g/mol. The van der Waals surface area contributed by atoms with E-state index in [2.05, 4.69) is 11.2 Å². The molecule has 0 saturated carbocycles. The summed E-state index contributed by atoms with van der Waals surface area (Å²) in [6, 6.07) is 10.6. The zero-order valence-electron chi connectivity index (χ0n) is 13.2. The summed E-state index contributed by atoms with van der Waals surface area (Å²) in [6.07, 6.45) is 5.37. The summed E-state index contributed by atoms with van der Waals surface area (Å²) in [5.41, 5.74) is 0.724. The van der Waals surface area contributed by atoms with Gasteiger partial charge in [0.15, 0.2) is 0 Å². The van der Waals surface area contributed by atoms with Crippen LogP contribution in [0.3, 0.4) is 0 Å². The van der Waals surface area contributed by atoms with Crippen LogP contribution < -0.4 is 9.62 Å². The lowest BCUT2D eigenvalue weighted by molar-refractivity contribution is -0.119. The topological polar surface area (TPSA) is 66.5 Å². The number of amides is 1. The van der Waals surface area contributed by atoms with E-state index < -0.39 is 22.5 Å². The first kappa shape index (κ1) is 19.1. The molecule has 2 aromatic rings. The Morgan fingerprint density at radius 3 is 2.56 bits per heavy atom. The maximum Gasteiger partial charge on any atom is 0.266 e. The van der Waals surface area contributed by atoms with Gasteiger partial charge in [-0.3, -0.25) is 9.10 Å². The molecule has 2 aromatic carbocycles. The smallest absolute Gasteiger partial charge is 0.266 e. The number of anilines is 1. The van der Waals surface area contributed by atoms with Gasteiger partial charge in [-0.25, -0.2) is 8.42 Å². The molecule has 8 heteroatoms. The van der Waals surface area contributed by atoms with Crippen molar-refractivity contribution < 1.29 is 13.2 Å². The number of hydrogen-bond donors (Lipinski definition) is 1. The molecule has 1 N–H and O–H groups in total. The second kappa shape index (κ2) is 7.79. The largest absolute Gasteiger partial charge is 0.358 e. The Bertz CT molecular complexity index is 953. The molecule has 5 nitrogen and oxygen atoms in total. The van der Waals surface area contributed by atoms with Crippen molar-refractivity contribution in [2.75, 3.05) is 17.9 Å². The maximum atomic E-state index is 13.1. The molecule has 0 aliphatic carbocycles. The summed E-state index contributed by atoms with van der Waals surface area (Å²) in [6.45, 7) is -0.435. The quantitative estimate of drug-likeness (QED) is 0.789. The van der Waals surface area contributed by atoms with Crippen molar-refractivity contribution in [2.45, 2.75) is 4.90 Å². The Balaban J connectivity index is 2.64. The average Bonchev–Trinajstić information content (AvgIpc) is 2.61. The number of terminal acetylenes is 1. The van der Waals surface area contributed by atoms with Crippen LogP contribution in [0.25, 0.3) is 0 Å². The summed E-state index contributed by atoms with van der Waals surface area (Å²) in [7, 11) is -2.74. The fraction of sp³-hybridized carbons (Fsp3) is 0.118. The average molecular weight is 397 g/mol. The van der Waals surface area contributed by atoms with Crippen molar-refractivity contribution in [2.24, 2.45) is 0 Å². The molecule has 0 aliphatic heterocycles. The molecule has 0 bridgehead atoms. The van der Waals surface area contributed by atoms with Gasteiger partial charge in [-0.05, 0) is 30.3 Å². The molecule has 0 saturated heterocycles. The van der Waals surface area contributed by atoms with Crippen molar-refractivity contribution >= 4 is 44.8 Å². The lowest BCUT2D eigenvalue weighted by atomic mass is 10.2. The third kappa shape index (κ3) is 4.07. The summed E-state index contributed by atoms with van der Waals surface area (Å²) in [5.74, 6) is 1.94. The van der Waals surface area contributed by atoms with Crippen LogP contribution in [0, 0.1) is 12.3 Å². The van der Waals surface area contributed by atoms with Crippen molar-refractivity contribution in [3.8, 4) is 12.3 Å². The number of benzene rings is 2. The van der Waals surface area contributed by atoms with Crippen LogP contribution >= 0.6 is 23.2 Å². The second-order valence-electron chi connectivity index (χ2n) is 4.93. The fourth-order valence-corrected chi connectivity index (χ4v) is 4.23. The van der Waals surface area contributed by atoms with Crippen LogP contribution in [0.15, 0.2) is 47.4 Å². The van der Waals surface area contributed by atoms with Crippen LogP contribution in [0.2, 0.25) is 10.0 Å². The van der Waals surface area contributed by atoms with Crippen LogP contribution in [0.1, 0.15) is 5.56 Å². The van der Waals surface area contributed by atoms with Crippen LogP contribution in [-0.4, -0.2) is 27.9 Å². The predicted octanol–water partition coefficient (Wildman–Crippen LogP) is 2.92. The summed E-state index contributed by atoms with van der Waals surface area (Å²) in [4.78, 5) is 11.7. The first-order valence-corrected chi connectivity index (χ1v) is 9.25. The number of rotatable bonds is 5. The van der Waals surface area contributed by atoms with Gasteiger partial charge in [0.05, 0.1) is 15.7 Å². The summed E-state index contributed by atoms with van der Waals surface area (Å²) >= 11 is 12.0. The number of sulfonamides is 1. The van der Waals surface area contributed by atoms with Gasteiger partial charge in [0.2, 0.25) is 5.91 Å². The van der Waals surface area contributed by atoms with Crippen LogP contribution in [0.5, 0.6) is 0 Å². The van der Waals surface area contributed by atoms with Crippen LogP contribution in [-0.2, 0) is 14.8 Å². The van der Waals surface area contributed by atoms with Gasteiger partial charge in [-0.1, -0.05) is 41.3 Å². The second-order valence-corrected chi connectivity index (χ2v) is 7.55. The molecule has 0 aliphatic rings. The minimum absolute atomic E-state index is 0.0972.